The third-order valence-electron chi connectivity index (χ3n) is 2.76. The Morgan fingerprint density at radius 1 is 1.06 bits per heavy atom. The molecular weight excluding hydrogens is 246 g/mol. The van der Waals surface area contributed by atoms with Crippen molar-refractivity contribution in [1.29, 1.82) is 0 Å². The van der Waals surface area contributed by atoms with Gasteiger partial charge in [0.1, 0.15) is 16.5 Å². The van der Waals surface area contributed by atoms with Gasteiger partial charge in [-0.2, -0.15) is 0 Å². The summed E-state index contributed by atoms with van der Waals surface area (Å²) in [5.41, 5.74) is 2.76. The molecule has 0 spiro atoms. The van der Waals surface area contributed by atoms with E-state index in [0.717, 1.165) is 15.2 Å². The quantitative estimate of drug-likeness (QED) is 0.699. The maximum atomic E-state index is 9.83. The first-order chi connectivity index (χ1) is 8.63. The molecule has 3 aromatic rings. The molecule has 0 unspecified atom stereocenters. The summed E-state index contributed by atoms with van der Waals surface area (Å²) in [7, 11) is 0. The van der Waals surface area contributed by atoms with Crippen LogP contribution < -0.4 is 0 Å². The summed E-state index contributed by atoms with van der Waals surface area (Å²) in [6.45, 7) is 2.04. The summed E-state index contributed by atoms with van der Waals surface area (Å²) in [5, 5.41) is 19.9. The SMILES string of the molecule is Cc1ccc2nc(-c3ccc(O)cc3O)sc2c1. The molecule has 1 heterocycles. The topological polar surface area (TPSA) is 53.4 Å². The monoisotopic (exact) mass is 257 g/mol. The van der Waals surface area contributed by atoms with Gasteiger partial charge in [0.15, 0.2) is 0 Å². The Morgan fingerprint density at radius 3 is 2.67 bits per heavy atom. The van der Waals surface area contributed by atoms with Crippen LogP contribution in [0.25, 0.3) is 20.8 Å². The molecule has 2 N–H and O–H groups in total. The van der Waals surface area contributed by atoms with Crippen molar-refractivity contribution in [3.05, 3.63) is 42.0 Å². The van der Waals surface area contributed by atoms with E-state index in [1.807, 2.05) is 19.1 Å². The van der Waals surface area contributed by atoms with Crippen LogP contribution in [0.5, 0.6) is 11.5 Å². The number of aromatic nitrogens is 1. The molecule has 0 amide bonds. The molecule has 0 fully saturated rings. The van der Waals surface area contributed by atoms with Gasteiger partial charge in [-0.25, -0.2) is 4.98 Å². The molecule has 0 radical (unpaired) electrons. The molecule has 1 aromatic heterocycles. The minimum atomic E-state index is 0.0470. The van der Waals surface area contributed by atoms with Crippen molar-refractivity contribution in [2.45, 2.75) is 6.92 Å². The van der Waals surface area contributed by atoms with Gasteiger partial charge >= 0.3 is 0 Å². The molecule has 18 heavy (non-hydrogen) atoms. The Morgan fingerprint density at radius 2 is 1.89 bits per heavy atom. The summed E-state index contributed by atoms with van der Waals surface area (Å²) < 4.78 is 1.09. The summed E-state index contributed by atoms with van der Waals surface area (Å²) in [6, 6.07) is 10.6. The second-order valence-electron chi connectivity index (χ2n) is 4.19. The number of hydrogen-bond donors (Lipinski definition) is 2. The lowest BCUT2D eigenvalue weighted by atomic mass is 10.2. The van der Waals surface area contributed by atoms with Crippen molar-refractivity contribution in [3.8, 4) is 22.1 Å². The van der Waals surface area contributed by atoms with E-state index in [4.69, 9.17) is 0 Å². The van der Waals surface area contributed by atoms with Crippen LogP contribution in [0.4, 0.5) is 0 Å². The number of rotatable bonds is 1. The highest BCUT2D eigenvalue weighted by molar-refractivity contribution is 7.21. The number of hydrogen-bond acceptors (Lipinski definition) is 4. The molecule has 0 bridgehead atoms. The predicted molar refractivity (Wildman–Crippen MR) is 73.1 cm³/mol. The third kappa shape index (κ3) is 1.80. The minimum absolute atomic E-state index is 0.0470. The van der Waals surface area contributed by atoms with Gasteiger partial charge in [-0.3, -0.25) is 0 Å². The van der Waals surface area contributed by atoms with E-state index in [2.05, 4.69) is 11.1 Å². The van der Waals surface area contributed by atoms with Gasteiger partial charge in [0.05, 0.1) is 15.8 Å². The standard InChI is InChI=1S/C14H11NO2S/c1-8-2-5-11-13(6-8)18-14(15-11)10-4-3-9(16)7-12(10)17/h2-7,16-17H,1H3. The Bertz CT molecular complexity index is 734. The van der Waals surface area contributed by atoms with Crippen molar-refractivity contribution in [1.82, 2.24) is 4.98 Å². The molecule has 90 valence electrons. The number of aromatic hydroxyl groups is 2. The van der Waals surface area contributed by atoms with E-state index >= 15 is 0 Å². The molecule has 0 aliphatic heterocycles. The van der Waals surface area contributed by atoms with Crippen molar-refractivity contribution in [2.75, 3.05) is 0 Å². The van der Waals surface area contributed by atoms with Crippen LogP contribution in [0.1, 0.15) is 5.56 Å². The Hall–Kier alpha value is -2.07. The molecule has 0 aliphatic rings. The van der Waals surface area contributed by atoms with Crippen molar-refractivity contribution in [3.63, 3.8) is 0 Å². The first kappa shape index (κ1) is 11.0. The lowest BCUT2D eigenvalue weighted by molar-refractivity contribution is 0.452. The van der Waals surface area contributed by atoms with Crippen LogP contribution >= 0.6 is 11.3 Å². The van der Waals surface area contributed by atoms with Gasteiger partial charge < -0.3 is 10.2 Å². The molecule has 0 atom stereocenters. The summed E-state index contributed by atoms with van der Waals surface area (Å²) in [5.74, 6) is 0.0963. The average Bonchev–Trinajstić information content (AvgIpc) is 2.71. The lowest BCUT2D eigenvalue weighted by Gasteiger charge is -2.00. The van der Waals surface area contributed by atoms with E-state index in [0.29, 0.717) is 5.56 Å². The van der Waals surface area contributed by atoms with E-state index in [-0.39, 0.29) is 11.5 Å². The zero-order valence-corrected chi connectivity index (χ0v) is 10.5. The first-order valence-corrected chi connectivity index (χ1v) is 6.35. The van der Waals surface area contributed by atoms with Gasteiger partial charge in [0, 0.05) is 6.07 Å². The van der Waals surface area contributed by atoms with E-state index in [9.17, 15) is 10.2 Å². The van der Waals surface area contributed by atoms with Crippen molar-refractivity contribution in [2.24, 2.45) is 0 Å². The maximum absolute atomic E-state index is 9.83. The minimum Gasteiger partial charge on any atom is -0.508 e. The van der Waals surface area contributed by atoms with Crippen LogP contribution in [0.15, 0.2) is 36.4 Å². The molecule has 0 saturated carbocycles. The van der Waals surface area contributed by atoms with Gasteiger partial charge in [-0.1, -0.05) is 6.07 Å². The predicted octanol–water partition coefficient (Wildman–Crippen LogP) is 3.68. The fourth-order valence-corrected chi connectivity index (χ4v) is 2.95. The largest absolute Gasteiger partial charge is 0.508 e. The second kappa shape index (κ2) is 3.99. The molecular formula is C14H11NO2S. The summed E-state index contributed by atoms with van der Waals surface area (Å²) in [6.07, 6.45) is 0. The van der Waals surface area contributed by atoms with Gasteiger partial charge in [-0.05, 0) is 36.8 Å². The molecule has 3 rings (SSSR count). The van der Waals surface area contributed by atoms with E-state index in [1.54, 1.807) is 12.1 Å². The highest BCUT2D eigenvalue weighted by atomic mass is 32.1. The lowest BCUT2D eigenvalue weighted by Crippen LogP contribution is -1.77. The number of benzene rings is 2. The zero-order valence-electron chi connectivity index (χ0n) is 9.71. The Balaban J connectivity index is 2.19. The van der Waals surface area contributed by atoms with Crippen molar-refractivity contribution < 1.29 is 10.2 Å². The third-order valence-corrected chi connectivity index (χ3v) is 3.81. The number of phenols is 2. The van der Waals surface area contributed by atoms with E-state index < -0.39 is 0 Å². The van der Waals surface area contributed by atoms with Crippen LogP contribution in [0.3, 0.4) is 0 Å². The number of aryl methyl sites for hydroxylation is 1. The number of thiazole rings is 1. The van der Waals surface area contributed by atoms with Crippen LogP contribution in [-0.4, -0.2) is 15.2 Å². The first-order valence-electron chi connectivity index (χ1n) is 5.53. The number of fused-ring (bicyclic) bond motifs is 1. The summed E-state index contributed by atoms with van der Waals surface area (Å²) >= 11 is 1.53. The number of phenolic OH excluding ortho intramolecular Hbond substituents is 2. The summed E-state index contributed by atoms with van der Waals surface area (Å²) in [4.78, 5) is 4.49. The maximum Gasteiger partial charge on any atom is 0.129 e. The van der Waals surface area contributed by atoms with Gasteiger partial charge in [0.25, 0.3) is 0 Å². The van der Waals surface area contributed by atoms with Crippen molar-refractivity contribution >= 4 is 21.6 Å². The highest BCUT2D eigenvalue weighted by Crippen LogP contribution is 2.36. The Labute approximate surface area is 108 Å². The van der Waals surface area contributed by atoms with Crippen LogP contribution in [-0.2, 0) is 0 Å². The van der Waals surface area contributed by atoms with Gasteiger partial charge in [-0.15, -0.1) is 11.3 Å². The average molecular weight is 257 g/mol. The highest BCUT2D eigenvalue weighted by Gasteiger charge is 2.10. The molecule has 3 nitrogen and oxygen atoms in total. The zero-order chi connectivity index (χ0) is 12.7. The van der Waals surface area contributed by atoms with Crippen LogP contribution in [0, 0.1) is 6.92 Å². The van der Waals surface area contributed by atoms with Crippen LogP contribution in [0.2, 0.25) is 0 Å². The number of nitrogens with zero attached hydrogens (tertiary/aromatic N) is 1. The second-order valence-corrected chi connectivity index (χ2v) is 5.22. The fraction of sp³-hybridized carbons (Fsp3) is 0.0714. The normalized spacial score (nSPS) is 10.9. The smallest absolute Gasteiger partial charge is 0.129 e. The molecule has 4 heteroatoms. The van der Waals surface area contributed by atoms with Gasteiger partial charge in [0.2, 0.25) is 0 Å². The fourth-order valence-electron chi connectivity index (χ4n) is 1.85. The molecule has 0 saturated heterocycles. The molecule has 0 aliphatic carbocycles. The Kier molecular flexibility index (Phi) is 2.45. The van der Waals surface area contributed by atoms with E-state index in [1.165, 1.54) is 23.0 Å². The molecule has 2 aromatic carbocycles.